The van der Waals surface area contributed by atoms with Gasteiger partial charge in [-0.25, -0.2) is 0 Å². The number of nitrogens with zero attached hydrogens (tertiary/aromatic N) is 4. The topological polar surface area (TPSA) is 74.5 Å². The number of hydrogen-bond donors (Lipinski definition) is 1. The van der Waals surface area contributed by atoms with Gasteiger partial charge in [-0.1, -0.05) is 29.4 Å². The summed E-state index contributed by atoms with van der Waals surface area (Å²) in [5, 5.41) is 7.58. The molecule has 1 aromatic carbocycles. The molecule has 4 rings (SSSR count). The molecule has 3 heterocycles. The number of benzene rings is 1. The summed E-state index contributed by atoms with van der Waals surface area (Å²) in [7, 11) is 2.08. The molecule has 2 unspecified atom stereocenters. The monoisotopic (exact) mass is 391 g/mol. The smallest absolute Gasteiger partial charge is 0.229 e. The number of amides is 1. The number of carbonyl (C=O) groups is 1. The number of piperazine rings is 1. The predicted octanol–water partition coefficient (Wildman–Crippen LogP) is 1.76. The Bertz CT molecular complexity index is 796. The molecule has 1 fully saturated rings. The second-order valence-corrected chi connectivity index (χ2v) is 7.13. The standard InChI is InChI=1S/C19H25N5O2.ClH/c1-13(25)24-9-7-14-5-3-4-6-15(14)16(24)11-18-21-19(22-26-18)17-12-20-8-10-23(17)2;/h3-6,16-17,20H,7-12H2,1-2H3;1H. The minimum absolute atomic E-state index is 0. The Morgan fingerprint density at radius 1 is 1.33 bits per heavy atom. The van der Waals surface area contributed by atoms with Gasteiger partial charge < -0.3 is 14.7 Å². The molecule has 0 spiro atoms. The minimum atomic E-state index is -0.0482. The van der Waals surface area contributed by atoms with Gasteiger partial charge in [0.25, 0.3) is 0 Å². The van der Waals surface area contributed by atoms with Gasteiger partial charge in [-0.3, -0.25) is 9.69 Å². The molecule has 1 N–H and O–H groups in total. The van der Waals surface area contributed by atoms with Crippen molar-refractivity contribution in [2.45, 2.75) is 31.8 Å². The minimum Gasteiger partial charge on any atom is -0.339 e. The van der Waals surface area contributed by atoms with Crippen LogP contribution in [0.3, 0.4) is 0 Å². The molecule has 0 saturated carbocycles. The quantitative estimate of drug-likeness (QED) is 0.859. The lowest BCUT2D eigenvalue weighted by Crippen LogP contribution is -2.44. The third kappa shape index (κ3) is 4.00. The van der Waals surface area contributed by atoms with E-state index in [9.17, 15) is 4.79 Å². The van der Waals surface area contributed by atoms with E-state index in [0.29, 0.717) is 18.1 Å². The van der Waals surface area contributed by atoms with E-state index in [2.05, 4.69) is 45.6 Å². The molecule has 27 heavy (non-hydrogen) atoms. The Hall–Kier alpha value is -1.96. The van der Waals surface area contributed by atoms with Crippen LogP contribution >= 0.6 is 12.4 Å². The zero-order valence-corrected chi connectivity index (χ0v) is 16.5. The summed E-state index contributed by atoms with van der Waals surface area (Å²) in [6.07, 6.45) is 1.44. The molecule has 0 radical (unpaired) electrons. The maximum absolute atomic E-state index is 12.1. The highest BCUT2D eigenvalue weighted by atomic mass is 35.5. The van der Waals surface area contributed by atoms with Crippen molar-refractivity contribution in [3.05, 3.63) is 47.1 Å². The lowest BCUT2D eigenvalue weighted by molar-refractivity contribution is -0.131. The fourth-order valence-electron chi connectivity index (χ4n) is 3.99. The van der Waals surface area contributed by atoms with Gasteiger partial charge in [0.05, 0.1) is 18.5 Å². The van der Waals surface area contributed by atoms with E-state index in [0.717, 1.165) is 32.6 Å². The highest BCUT2D eigenvalue weighted by molar-refractivity contribution is 5.85. The van der Waals surface area contributed by atoms with Crippen LogP contribution in [-0.4, -0.2) is 59.1 Å². The normalized spacial score (nSPS) is 22.8. The van der Waals surface area contributed by atoms with Crippen LogP contribution in [0.25, 0.3) is 0 Å². The van der Waals surface area contributed by atoms with Crippen molar-refractivity contribution in [1.82, 2.24) is 25.3 Å². The number of hydrogen-bond acceptors (Lipinski definition) is 6. The molecular weight excluding hydrogens is 366 g/mol. The number of halogens is 1. The van der Waals surface area contributed by atoms with Crippen LogP contribution in [0.15, 0.2) is 28.8 Å². The molecule has 7 nitrogen and oxygen atoms in total. The Morgan fingerprint density at radius 3 is 2.93 bits per heavy atom. The summed E-state index contributed by atoms with van der Waals surface area (Å²) in [5.74, 6) is 1.39. The van der Waals surface area contributed by atoms with Gasteiger partial charge in [0.1, 0.15) is 0 Å². The molecule has 146 valence electrons. The van der Waals surface area contributed by atoms with E-state index in [1.165, 1.54) is 11.1 Å². The number of aromatic nitrogens is 2. The lowest BCUT2D eigenvalue weighted by atomic mass is 9.90. The lowest BCUT2D eigenvalue weighted by Gasteiger charge is -2.36. The van der Waals surface area contributed by atoms with E-state index in [1.54, 1.807) is 6.92 Å². The second-order valence-electron chi connectivity index (χ2n) is 7.13. The van der Waals surface area contributed by atoms with Crippen molar-refractivity contribution in [3.63, 3.8) is 0 Å². The molecule has 2 atom stereocenters. The van der Waals surface area contributed by atoms with Crippen LogP contribution in [0.5, 0.6) is 0 Å². The van der Waals surface area contributed by atoms with Crippen LogP contribution in [0, 0.1) is 0 Å². The predicted molar refractivity (Wildman–Crippen MR) is 104 cm³/mol. The van der Waals surface area contributed by atoms with Crippen molar-refractivity contribution < 1.29 is 9.32 Å². The average molecular weight is 392 g/mol. The SMILES string of the molecule is CC(=O)N1CCc2ccccc2C1Cc1nc(C2CNCCN2C)no1.Cl. The van der Waals surface area contributed by atoms with Crippen molar-refractivity contribution in [2.75, 3.05) is 33.2 Å². The number of likely N-dealkylation sites (N-methyl/N-ethyl adjacent to an activating group) is 1. The molecule has 2 aliphatic heterocycles. The largest absolute Gasteiger partial charge is 0.339 e. The van der Waals surface area contributed by atoms with Crippen LogP contribution < -0.4 is 5.32 Å². The molecule has 1 saturated heterocycles. The van der Waals surface area contributed by atoms with E-state index in [1.807, 2.05) is 11.0 Å². The highest BCUT2D eigenvalue weighted by Gasteiger charge is 2.31. The maximum Gasteiger partial charge on any atom is 0.229 e. The van der Waals surface area contributed by atoms with Crippen LogP contribution in [0.2, 0.25) is 0 Å². The summed E-state index contributed by atoms with van der Waals surface area (Å²) in [6.45, 7) is 5.12. The fourth-order valence-corrected chi connectivity index (χ4v) is 3.99. The summed E-state index contributed by atoms with van der Waals surface area (Å²) < 4.78 is 5.56. The first kappa shape index (κ1) is 19.8. The third-order valence-corrected chi connectivity index (χ3v) is 5.48. The van der Waals surface area contributed by atoms with Gasteiger partial charge >= 0.3 is 0 Å². The third-order valence-electron chi connectivity index (χ3n) is 5.48. The summed E-state index contributed by atoms with van der Waals surface area (Å²) in [5.41, 5.74) is 2.48. The molecular formula is C19H26ClN5O2. The van der Waals surface area contributed by atoms with E-state index in [4.69, 9.17) is 4.52 Å². The van der Waals surface area contributed by atoms with Crippen molar-refractivity contribution >= 4 is 18.3 Å². The first-order chi connectivity index (χ1) is 12.6. The van der Waals surface area contributed by atoms with Gasteiger partial charge in [0, 0.05) is 33.1 Å². The highest BCUT2D eigenvalue weighted by Crippen LogP contribution is 2.32. The van der Waals surface area contributed by atoms with E-state index in [-0.39, 0.29) is 30.4 Å². The second kappa shape index (κ2) is 8.37. The summed E-state index contributed by atoms with van der Waals surface area (Å²) in [6, 6.07) is 8.40. The molecule has 0 bridgehead atoms. The summed E-state index contributed by atoms with van der Waals surface area (Å²) >= 11 is 0. The van der Waals surface area contributed by atoms with Gasteiger partial charge in [-0.05, 0) is 24.6 Å². The van der Waals surface area contributed by atoms with Gasteiger partial charge in [0.2, 0.25) is 11.8 Å². The molecule has 2 aliphatic rings. The average Bonchev–Trinajstić information content (AvgIpc) is 3.10. The first-order valence-electron chi connectivity index (χ1n) is 9.22. The van der Waals surface area contributed by atoms with Gasteiger partial charge in [-0.2, -0.15) is 4.98 Å². The van der Waals surface area contributed by atoms with Crippen LogP contribution in [0.4, 0.5) is 0 Å². The number of rotatable bonds is 3. The molecule has 1 amide bonds. The zero-order chi connectivity index (χ0) is 18.1. The molecule has 2 aromatic rings. The van der Waals surface area contributed by atoms with E-state index >= 15 is 0 Å². The van der Waals surface area contributed by atoms with Crippen molar-refractivity contribution in [1.29, 1.82) is 0 Å². The summed E-state index contributed by atoms with van der Waals surface area (Å²) in [4.78, 5) is 21.0. The Balaban J connectivity index is 0.00000210. The Labute approximate surface area is 165 Å². The first-order valence-corrected chi connectivity index (χ1v) is 9.22. The molecule has 8 heteroatoms. The number of nitrogens with one attached hydrogen (secondary N) is 1. The molecule has 0 aliphatic carbocycles. The van der Waals surface area contributed by atoms with Crippen LogP contribution in [0.1, 0.15) is 41.8 Å². The number of fused-ring (bicyclic) bond motifs is 1. The zero-order valence-electron chi connectivity index (χ0n) is 15.7. The van der Waals surface area contributed by atoms with Crippen LogP contribution in [-0.2, 0) is 17.6 Å². The Kier molecular flexibility index (Phi) is 6.14. The van der Waals surface area contributed by atoms with Gasteiger partial charge in [0.15, 0.2) is 5.82 Å². The number of carbonyl (C=O) groups excluding carboxylic acids is 1. The fraction of sp³-hybridized carbons (Fsp3) is 0.526. The van der Waals surface area contributed by atoms with Crippen molar-refractivity contribution in [2.24, 2.45) is 0 Å². The Morgan fingerprint density at radius 2 is 2.15 bits per heavy atom. The van der Waals surface area contributed by atoms with Gasteiger partial charge in [-0.15, -0.1) is 12.4 Å². The maximum atomic E-state index is 12.1. The van der Waals surface area contributed by atoms with E-state index < -0.39 is 0 Å². The van der Waals surface area contributed by atoms with Crippen molar-refractivity contribution in [3.8, 4) is 0 Å². The molecule has 1 aromatic heterocycles.